The van der Waals surface area contributed by atoms with Gasteiger partial charge in [-0.1, -0.05) is 6.07 Å². The average molecular weight is 253 g/mol. The minimum atomic E-state index is -0.303. The van der Waals surface area contributed by atoms with Crippen LogP contribution >= 0.6 is 15.9 Å². The van der Waals surface area contributed by atoms with Crippen LogP contribution in [0.1, 0.15) is 11.3 Å². The molecule has 0 radical (unpaired) electrons. The van der Waals surface area contributed by atoms with Crippen LogP contribution in [0.25, 0.3) is 0 Å². The highest BCUT2D eigenvalue weighted by atomic mass is 79.9. The highest BCUT2D eigenvalue weighted by Gasteiger charge is 1.96. The van der Waals surface area contributed by atoms with Gasteiger partial charge in [0.15, 0.2) is 0 Å². The number of amides is 1. The van der Waals surface area contributed by atoms with Crippen LogP contribution in [-0.2, 0) is 11.3 Å². The monoisotopic (exact) mass is 252 g/mol. The van der Waals surface area contributed by atoms with Crippen molar-refractivity contribution in [1.82, 2.24) is 10.3 Å². The topological polar surface area (TPSA) is 42.0 Å². The van der Waals surface area contributed by atoms with E-state index in [2.05, 4.69) is 37.0 Å². The molecule has 0 saturated heterocycles. The molecule has 0 bridgehead atoms. The summed E-state index contributed by atoms with van der Waals surface area (Å²) in [6.07, 6.45) is 1.73. The average Bonchev–Trinajstić information content (AvgIpc) is 2.17. The molecule has 0 saturated carbocycles. The fourth-order valence-corrected chi connectivity index (χ4v) is 1.05. The molecule has 0 aromatic carbocycles. The third-order valence-electron chi connectivity index (χ3n) is 1.59. The first-order chi connectivity index (χ1) is 6.72. The Labute approximate surface area is 91.1 Å². The van der Waals surface area contributed by atoms with Crippen molar-refractivity contribution in [2.75, 3.05) is 0 Å². The van der Waals surface area contributed by atoms with Crippen molar-refractivity contribution < 1.29 is 4.79 Å². The Kier molecular flexibility index (Phi) is 4.14. The number of pyridine rings is 1. The molecule has 72 valence electrons. The lowest BCUT2D eigenvalue weighted by Gasteiger charge is -2.00. The number of carbonyl (C=O) groups excluding carboxylic acids is 1. The predicted molar refractivity (Wildman–Crippen MR) is 57.5 cm³/mol. The lowest BCUT2D eigenvalue weighted by atomic mass is 10.2. The number of aryl methyl sites for hydroxylation is 1. The number of aromatic nitrogens is 1. The van der Waals surface area contributed by atoms with Crippen LogP contribution in [0.5, 0.6) is 0 Å². The molecule has 0 spiro atoms. The van der Waals surface area contributed by atoms with Gasteiger partial charge in [0.2, 0.25) is 0 Å². The normalized spacial score (nSPS) is 8.71. The fraction of sp³-hybridized carbons (Fsp3) is 0.200. The second-order valence-corrected chi connectivity index (χ2v) is 3.11. The Morgan fingerprint density at radius 1 is 1.64 bits per heavy atom. The summed E-state index contributed by atoms with van der Waals surface area (Å²) in [7, 11) is 0. The Bertz CT molecular complexity index is 375. The number of nitrogens with zero attached hydrogens (tertiary/aromatic N) is 1. The van der Waals surface area contributed by atoms with E-state index in [1.807, 2.05) is 19.1 Å². The van der Waals surface area contributed by atoms with Gasteiger partial charge in [-0.15, -0.1) is 0 Å². The maximum absolute atomic E-state index is 10.9. The van der Waals surface area contributed by atoms with Gasteiger partial charge >= 0.3 is 0 Å². The number of nitrogens with one attached hydrogen (secondary N) is 1. The Morgan fingerprint density at radius 2 is 2.43 bits per heavy atom. The van der Waals surface area contributed by atoms with Crippen molar-refractivity contribution in [3.8, 4) is 10.8 Å². The van der Waals surface area contributed by atoms with Crippen LogP contribution in [-0.4, -0.2) is 10.9 Å². The molecule has 1 aromatic heterocycles. The summed E-state index contributed by atoms with van der Waals surface area (Å²) in [5.74, 6) is 2.02. The van der Waals surface area contributed by atoms with Gasteiger partial charge in [0.1, 0.15) is 0 Å². The van der Waals surface area contributed by atoms with E-state index >= 15 is 0 Å². The van der Waals surface area contributed by atoms with Crippen LogP contribution in [0.15, 0.2) is 18.3 Å². The maximum atomic E-state index is 10.9. The van der Waals surface area contributed by atoms with E-state index in [1.54, 1.807) is 6.20 Å². The molecular formula is C10H9BrN2O. The summed E-state index contributed by atoms with van der Waals surface area (Å²) in [4.78, 5) is 17.4. The van der Waals surface area contributed by atoms with Crippen LogP contribution < -0.4 is 5.32 Å². The van der Waals surface area contributed by atoms with E-state index < -0.39 is 0 Å². The number of hydrogen-bond acceptors (Lipinski definition) is 2. The molecule has 0 aliphatic carbocycles. The molecule has 0 atom stereocenters. The SMILES string of the molecule is Cc1ccc(CNC(=O)C#CBr)cn1. The quantitative estimate of drug-likeness (QED) is 0.808. The molecule has 1 amide bonds. The van der Waals surface area contributed by atoms with E-state index in [1.165, 1.54) is 0 Å². The summed E-state index contributed by atoms with van der Waals surface area (Å²) in [6.45, 7) is 2.37. The minimum absolute atomic E-state index is 0.303. The van der Waals surface area contributed by atoms with Crippen LogP contribution in [0.4, 0.5) is 0 Å². The van der Waals surface area contributed by atoms with Gasteiger partial charge in [-0.05, 0) is 23.4 Å². The number of halogens is 1. The lowest BCUT2D eigenvalue weighted by molar-refractivity contribution is -0.115. The molecule has 0 aliphatic rings. The predicted octanol–water partition coefficient (Wildman–Crippen LogP) is 1.36. The van der Waals surface area contributed by atoms with Gasteiger partial charge in [-0.25, -0.2) is 0 Å². The third-order valence-corrected chi connectivity index (χ3v) is 1.78. The Hall–Kier alpha value is -1.34. The number of rotatable bonds is 2. The molecule has 0 fully saturated rings. The van der Waals surface area contributed by atoms with Crippen molar-refractivity contribution in [2.24, 2.45) is 0 Å². The molecule has 1 rings (SSSR count). The Balaban J connectivity index is 2.48. The highest BCUT2D eigenvalue weighted by molar-refractivity contribution is 9.12. The van der Waals surface area contributed by atoms with E-state index in [4.69, 9.17) is 0 Å². The van der Waals surface area contributed by atoms with E-state index in [-0.39, 0.29) is 5.91 Å². The zero-order valence-corrected chi connectivity index (χ0v) is 9.26. The van der Waals surface area contributed by atoms with E-state index in [0.717, 1.165) is 11.3 Å². The van der Waals surface area contributed by atoms with Crippen molar-refractivity contribution in [2.45, 2.75) is 13.5 Å². The minimum Gasteiger partial charge on any atom is -0.341 e. The summed E-state index contributed by atoms with van der Waals surface area (Å²) in [6, 6.07) is 3.82. The van der Waals surface area contributed by atoms with Gasteiger partial charge < -0.3 is 5.32 Å². The Morgan fingerprint density at radius 3 is 3.00 bits per heavy atom. The van der Waals surface area contributed by atoms with Crippen LogP contribution in [0.2, 0.25) is 0 Å². The molecule has 1 aromatic rings. The van der Waals surface area contributed by atoms with E-state index in [9.17, 15) is 4.79 Å². The maximum Gasteiger partial charge on any atom is 0.297 e. The molecular weight excluding hydrogens is 244 g/mol. The molecule has 4 heteroatoms. The van der Waals surface area contributed by atoms with Gasteiger partial charge in [-0.2, -0.15) is 0 Å². The van der Waals surface area contributed by atoms with Crippen LogP contribution in [0, 0.1) is 17.7 Å². The molecule has 1 heterocycles. The second kappa shape index (κ2) is 5.40. The molecule has 0 aliphatic heterocycles. The number of hydrogen-bond donors (Lipinski definition) is 1. The van der Waals surface area contributed by atoms with Gasteiger partial charge in [0, 0.05) is 40.3 Å². The van der Waals surface area contributed by atoms with Crippen molar-refractivity contribution in [1.29, 1.82) is 0 Å². The molecule has 0 unspecified atom stereocenters. The number of carbonyl (C=O) groups is 1. The summed E-state index contributed by atoms with van der Waals surface area (Å²) in [5.41, 5.74) is 1.92. The second-order valence-electron chi connectivity index (χ2n) is 2.71. The first-order valence-corrected chi connectivity index (χ1v) is 4.82. The molecule has 14 heavy (non-hydrogen) atoms. The van der Waals surface area contributed by atoms with E-state index in [0.29, 0.717) is 6.54 Å². The largest absolute Gasteiger partial charge is 0.341 e. The van der Waals surface area contributed by atoms with Crippen molar-refractivity contribution in [3.63, 3.8) is 0 Å². The van der Waals surface area contributed by atoms with Gasteiger partial charge in [0.25, 0.3) is 5.91 Å². The molecule has 1 N–H and O–H groups in total. The van der Waals surface area contributed by atoms with Crippen molar-refractivity contribution in [3.05, 3.63) is 29.6 Å². The standard InChI is InChI=1S/C10H9BrN2O/c1-8-2-3-9(6-12-8)7-13-10(14)4-5-11/h2-3,6H,7H2,1H3,(H,13,14). The summed E-state index contributed by atoms with van der Waals surface area (Å²) in [5, 5.41) is 2.64. The highest BCUT2D eigenvalue weighted by Crippen LogP contribution is 1.98. The zero-order chi connectivity index (χ0) is 10.4. The first-order valence-electron chi connectivity index (χ1n) is 4.03. The fourth-order valence-electron chi connectivity index (χ4n) is 0.872. The lowest BCUT2D eigenvalue weighted by Crippen LogP contribution is -2.20. The first kappa shape index (κ1) is 10.7. The zero-order valence-electron chi connectivity index (χ0n) is 7.67. The van der Waals surface area contributed by atoms with Crippen LogP contribution in [0.3, 0.4) is 0 Å². The smallest absolute Gasteiger partial charge is 0.297 e. The van der Waals surface area contributed by atoms with Gasteiger partial charge in [0.05, 0.1) is 0 Å². The summed E-state index contributed by atoms with van der Waals surface area (Å²) < 4.78 is 0. The molecule has 3 nitrogen and oxygen atoms in total. The summed E-state index contributed by atoms with van der Waals surface area (Å²) >= 11 is 2.85. The third kappa shape index (κ3) is 3.58. The van der Waals surface area contributed by atoms with Gasteiger partial charge in [-0.3, -0.25) is 9.78 Å². The van der Waals surface area contributed by atoms with Crippen molar-refractivity contribution >= 4 is 21.8 Å².